The Bertz CT molecular complexity index is 420. The van der Waals surface area contributed by atoms with E-state index < -0.39 is 6.09 Å². The summed E-state index contributed by atoms with van der Waals surface area (Å²) < 4.78 is 0.753. The van der Waals surface area contributed by atoms with Gasteiger partial charge in [0.25, 0.3) is 0 Å². The molecule has 1 aromatic heterocycles. The average molecular weight is 376 g/mol. The van der Waals surface area contributed by atoms with Gasteiger partial charge in [0.05, 0.1) is 0 Å². The maximum atomic E-state index is 11.3. The summed E-state index contributed by atoms with van der Waals surface area (Å²) in [6.45, 7) is 3.31. The number of hydrogen-bond donors (Lipinski definition) is 1. The summed E-state index contributed by atoms with van der Waals surface area (Å²) in [6.07, 6.45) is 2.71. The number of piperidine rings is 1. The number of halogens is 1. The van der Waals surface area contributed by atoms with Crippen LogP contribution in [0.2, 0.25) is 0 Å². The van der Waals surface area contributed by atoms with E-state index in [9.17, 15) is 9.90 Å². The average Bonchev–Trinajstić information content (AvgIpc) is 2.42. The van der Waals surface area contributed by atoms with Crippen molar-refractivity contribution in [2.24, 2.45) is 0 Å². The van der Waals surface area contributed by atoms with Gasteiger partial charge in [-0.1, -0.05) is 6.42 Å². The molecule has 104 valence electrons. The maximum Gasteiger partial charge on any atom is 0.413 e. The number of aromatic nitrogens is 2. The second-order valence-corrected chi connectivity index (χ2v) is 5.66. The maximum absolute atomic E-state index is 11.3. The van der Waals surface area contributed by atoms with Crippen molar-refractivity contribution in [1.82, 2.24) is 15.1 Å². The molecule has 2 heterocycles. The van der Waals surface area contributed by atoms with Crippen molar-refractivity contribution in [2.75, 3.05) is 31.1 Å². The van der Waals surface area contributed by atoms with E-state index in [0.29, 0.717) is 12.4 Å². The molecule has 1 saturated heterocycles. The molecule has 0 radical (unpaired) electrons. The molecular weight excluding hydrogens is 359 g/mol. The van der Waals surface area contributed by atoms with Crippen molar-refractivity contribution in [3.05, 3.63) is 15.8 Å². The van der Waals surface area contributed by atoms with Crippen molar-refractivity contribution < 1.29 is 9.90 Å². The third-order valence-electron chi connectivity index (χ3n) is 3.21. The van der Waals surface area contributed by atoms with Gasteiger partial charge in [-0.3, -0.25) is 4.90 Å². The molecule has 0 saturated carbocycles. The van der Waals surface area contributed by atoms with Crippen LogP contribution in [0.4, 0.5) is 10.6 Å². The van der Waals surface area contributed by atoms with Crippen LogP contribution in [0.3, 0.4) is 0 Å². The normalized spacial score (nSPS) is 16.3. The van der Waals surface area contributed by atoms with Crippen LogP contribution in [0.5, 0.6) is 0 Å². The molecule has 0 spiro atoms. The highest BCUT2D eigenvalue weighted by atomic mass is 127. The Kier molecular flexibility index (Phi) is 5.32. The van der Waals surface area contributed by atoms with E-state index in [4.69, 9.17) is 0 Å². The highest BCUT2D eigenvalue weighted by Crippen LogP contribution is 2.13. The van der Waals surface area contributed by atoms with Crippen molar-refractivity contribution in [2.45, 2.75) is 19.3 Å². The minimum atomic E-state index is -0.979. The Morgan fingerprint density at radius 3 is 2.63 bits per heavy atom. The highest BCUT2D eigenvalue weighted by molar-refractivity contribution is 14.1. The summed E-state index contributed by atoms with van der Waals surface area (Å²) in [5, 5.41) is 17.1. The van der Waals surface area contributed by atoms with Crippen molar-refractivity contribution in [3.8, 4) is 0 Å². The summed E-state index contributed by atoms with van der Waals surface area (Å²) in [5.41, 5.74) is 0. The minimum absolute atomic E-state index is 0.393. The van der Waals surface area contributed by atoms with Gasteiger partial charge in [0, 0.05) is 13.1 Å². The fourth-order valence-electron chi connectivity index (χ4n) is 2.19. The number of nitrogens with zero attached hydrogens (tertiary/aromatic N) is 4. The predicted octanol–water partition coefficient (Wildman–Crippen LogP) is 2.05. The number of likely N-dealkylation sites (tertiary alicyclic amines) is 1. The number of anilines is 1. The van der Waals surface area contributed by atoms with Crippen LogP contribution < -0.4 is 4.90 Å². The van der Waals surface area contributed by atoms with E-state index >= 15 is 0 Å². The molecule has 0 bridgehead atoms. The standard InChI is InChI=1S/C12H17IN4O2/c13-10-4-5-11(15-14-10)17(12(18)19)9-8-16-6-2-1-3-7-16/h4-5H,1-3,6-9H2,(H,18,19). The Balaban J connectivity index is 1.96. The van der Waals surface area contributed by atoms with Gasteiger partial charge in [-0.15, -0.1) is 10.2 Å². The number of amides is 1. The lowest BCUT2D eigenvalue weighted by Gasteiger charge is -2.28. The summed E-state index contributed by atoms with van der Waals surface area (Å²) >= 11 is 2.05. The Morgan fingerprint density at radius 1 is 1.32 bits per heavy atom. The Morgan fingerprint density at radius 2 is 2.05 bits per heavy atom. The second-order valence-electron chi connectivity index (χ2n) is 4.55. The molecule has 1 aliphatic heterocycles. The second kappa shape index (κ2) is 6.99. The molecule has 0 aliphatic carbocycles. The summed E-state index contributed by atoms with van der Waals surface area (Å²) in [5.74, 6) is 0.393. The lowest BCUT2D eigenvalue weighted by atomic mass is 10.1. The van der Waals surface area contributed by atoms with E-state index in [0.717, 1.165) is 23.3 Å². The largest absolute Gasteiger partial charge is 0.465 e. The van der Waals surface area contributed by atoms with Crippen molar-refractivity contribution in [1.29, 1.82) is 0 Å². The first-order valence-electron chi connectivity index (χ1n) is 6.39. The molecule has 1 fully saturated rings. The molecule has 0 atom stereocenters. The van der Waals surface area contributed by atoms with E-state index in [1.54, 1.807) is 12.1 Å². The Labute approximate surface area is 125 Å². The van der Waals surface area contributed by atoms with Gasteiger partial charge in [-0.25, -0.2) is 4.79 Å². The number of carbonyl (C=O) groups is 1. The zero-order chi connectivity index (χ0) is 13.7. The van der Waals surface area contributed by atoms with Gasteiger partial charge in [0.2, 0.25) is 0 Å². The smallest absolute Gasteiger partial charge is 0.413 e. The van der Waals surface area contributed by atoms with Crippen LogP contribution in [0.1, 0.15) is 19.3 Å². The molecule has 0 aromatic carbocycles. The number of hydrogen-bond acceptors (Lipinski definition) is 4. The van der Waals surface area contributed by atoms with Crippen LogP contribution in [0.25, 0.3) is 0 Å². The third-order valence-corrected chi connectivity index (χ3v) is 3.79. The van der Waals surface area contributed by atoms with Crippen molar-refractivity contribution >= 4 is 34.5 Å². The molecule has 2 rings (SSSR count). The van der Waals surface area contributed by atoms with Crippen LogP contribution in [-0.4, -0.2) is 52.5 Å². The summed E-state index contributed by atoms with van der Waals surface area (Å²) in [6, 6.07) is 3.46. The minimum Gasteiger partial charge on any atom is -0.465 e. The van der Waals surface area contributed by atoms with E-state index in [1.165, 1.54) is 24.2 Å². The first-order chi connectivity index (χ1) is 9.16. The van der Waals surface area contributed by atoms with Crippen molar-refractivity contribution in [3.63, 3.8) is 0 Å². The number of carboxylic acid groups (broad SMARTS) is 1. The topological polar surface area (TPSA) is 69.6 Å². The first kappa shape index (κ1) is 14.4. The fraction of sp³-hybridized carbons (Fsp3) is 0.583. The molecular formula is C12H17IN4O2. The molecule has 1 N–H and O–H groups in total. The molecule has 6 nitrogen and oxygen atoms in total. The van der Waals surface area contributed by atoms with Crippen LogP contribution in [-0.2, 0) is 0 Å². The van der Waals surface area contributed by atoms with Crippen LogP contribution >= 0.6 is 22.6 Å². The quantitative estimate of drug-likeness (QED) is 0.815. The lowest BCUT2D eigenvalue weighted by Crippen LogP contribution is -2.40. The van der Waals surface area contributed by atoms with E-state index in [2.05, 4.69) is 15.1 Å². The fourth-order valence-corrected chi connectivity index (χ4v) is 2.47. The number of rotatable bonds is 4. The Hall–Kier alpha value is -0.960. The van der Waals surface area contributed by atoms with Gasteiger partial charge in [0.15, 0.2) is 5.82 Å². The van der Waals surface area contributed by atoms with Crippen LogP contribution in [0.15, 0.2) is 12.1 Å². The molecule has 1 amide bonds. The van der Waals surface area contributed by atoms with Gasteiger partial charge in [0.1, 0.15) is 3.70 Å². The lowest BCUT2D eigenvalue weighted by molar-refractivity contribution is 0.196. The molecule has 7 heteroatoms. The van der Waals surface area contributed by atoms with Gasteiger partial charge in [-0.05, 0) is 60.7 Å². The predicted molar refractivity (Wildman–Crippen MR) is 80.4 cm³/mol. The molecule has 0 unspecified atom stereocenters. The van der Waals surface area contributed by atoms with Gasteiger partial charge >= 0.3 is 6.09 Å². The summed E-state index contributed by atoms with van der Waals surface area (Å²) in [7, 11) is 0. The molecule has 19 heavy (non-hydrogen) atoms. The van der Waals surface area contributed by atoms with Crippen LogP contribution in [0, 0.1) is 3.70 Å². The van der Waals surface area contributed by atoms with E-state index in [-0.39, 0.29) is 0 Å². The SMILES string of the molecule is O=C(O)N(CCN1CCCCC1)c1ccc(I)nn1. The first-order valence-corrected chi connectivity index (χ1v) is 7.47. The zero-order valence-electron chi connectivity index (χ0n) is 10.6. The van der Waals surface area contributed by atoms with Gasteiger partial charge < -0.3 is 10.0 Å². The molecule has 1 aromatic rings. The zero-order valence-corrected chi connectivity index (χ0v) is 12.8. The highest BCUT2D eigenvalue weighted by Gasteiger charge is 2.18. The van der Waals surface area contributed by atoms with E-state index in [1.807, 2.05) is 22.6 Å². The third kappa shape index (κ3) is 4.27. The monoisotopic (exact) mass is 376 g/mol. The van der Waals surface area contributed by atoms with Gasteiger partial charge in [-0.2, -0.15) is 0 Å². The molecule has 1 aliphatic rings. The summed E-state index contributed by atoms with van der Waals surface area (Å²) in [4.78, 5) is 14.9.